The van der Waals surface area contributed by atoms with Gasteiger partial charge in [-0.1, -0.05) is 35.0 Å². The lowest BCUT2D eigenvalue weighted by molar-refractivity contribution is -0.0978. The van der Waals surface area contributed by atoms with E-state index in [1.54, 1.807) is 6.07 Å². The fraction of sp³-hybridized carbons (Fsp3) is 0.333. The average molecular weight is 350 g/mol. The molecule has 0 unspecified atom stereocenters. The van der Waals surface area contributed by atoms with Gasteiger partial charge in [-0.2, -0.15) is 5.10 Å². The predicted molar refractivity (Wildman–Crippen MR) is 83.0 cm³/mol. The standard InChI is InChI=1S/C15H16BrN3O2/c1-15(8-21-9-15)7-17-14(20)13-6-12(18-19-13)10-2-4-11(16)5-3-10/h2-6H,7-9H2,1H3,(H,17,20)(H,18,19). The van der Waals surface area contributed by atoms with Crippen molar-refractivity contribution in [2.45, 2.75) is 6.92 Å². The molecule has 1 aromatic heterocycles. The van der Waals surface area contributed by atoms with Crippen molar-refractivity contribution in [1.29, 1.82) is 0 Å². The van der Waals surface area contributed by atoms with Crippen LogP contribution < -0.4 is 5.32 Å². The van der Waals surface area contributed by atoms with Crippen LogP contribution in [0.4, 0.5) is 0 Å². The minimum atomic E-state index is -0.140. The third-order valence-corrected chi connectivity index (χ3v) is 4.07. The van der Waals surface area contributed by atoms with Gasteiger partial charge in [-0.15, -0.1) is 0 Å². The number of rotatable bonds is 4. The second-order valence-corrected chi connectivity index (χ2v) is 6.58. The number of carbonyl (C=O) groups is 1. The van der Waals surface area contributed by atoms with Crippen LogP contribution in [-0.4, -0.2) is 35.9 Å². The molecular formula is C15H16BrN3O2. The van der Waals surface area contributed by atoms with Crippen molar-refractivity contribution < 1.29 is 9.53 Å². The Morgan fingerprint density at radius 1 is 1.43 bits per heavy atom. The molecule has 6 heteroatoms. The molecule has 1 aromatic carbocycles. The summed E-state index contributed by atoms with van der Waals surface area (Å²) in [4.78, 5) is 12.1. The molecule has 3 rings (SSSR count). The summed E-state index contributed by atoms with van der Waals surface area (Å²) in [5, 5.41) is 9.89. The van der Waals surface area contributed by atoms with Crippen molar-refractivity contribution >= 4 is 21.8 Å². The van der Waals surface area contributed by atoms with Crippen LogP contribution in [0.25, 0.3) is 11.3 Å². The molecule has 0 atom stereocenters. The van der Waals surface area contributed by atoms with E-state index in [1.165, 1.54) is 0 Å². The summed E-state index contributed by atoms with van der Waals surface area (Å²) < 4.78 is 6.18. The minimum absolute atomic E-state index is 0.0597. The largest absolute Gasteiger partial charge is 0.380 e. The number of hydrogen-bond donors (Lipinski definition) is 2. The molecule has 1 fully saturated rings. The topological polar surface area (TPSA) is 67.0 Å². The van der Waals surface area contributed by atoms with Crippen LogP contribution in [0, 0.1) is 5.41 Å². The first kappa shape index (κ1) is 14.3. The zero-order chi connectivity index (χ0) is 14.9. The van der Waals surface area contributed by atoms with Gasteiger partial charge in [0.2, 0.25) is 0 Å². The third kappa shape index (κ3) is 3.16. The first-order valence-electron chi connectivity index (χ1n) is 6.73. The smallest absolute Gasteiger partial charge is 0.269 e. The van der Waals surface area contributed by atoms with E-state index in [1.807, 2.05) is 24.3 Å². The quantitative estimate of drug-likeness (QED) is 0.891. The van der Waals surface area contributed by atoms with Crippen LogP contribution in [0.5, 0.6) is 0 Å². The summed E-state index contributed by atoms with van der Waals surface area (Å²) in [5.74, 6) is -0.140. The average Bonchev–Trinajstić information content (AvgIpc) is 2.93. The monoisotopic (exact) mass is 349 g/mol. The molecule has 1 saturated heterocycles. The van der Waals surface area contributed by atoms with Gasteiger partial charge in [0.1, 0.15) is 5.69 Å². The van der Waals surface area contributed by atoms with Crippen molar-refractivity contribution in [3.05, 3.63) is 40.5 Å². The van der Waals surface area contributed by atoms with E-state index in [2.05, 4.69) is 38.4 Å². The molecule has 110 valence electrons. The highest BCUT2D eigenvalue weighted by atomic mass is 79.9. The maximum atomic E-state index is 12.1. The zero-order valence-corrected chi connectivity index (χ0v) is 13.2. The van der Waals surface area contributed by atoms with Crippen LogP contribution in [0.1, 0.15) is 17.4 Å². The van der Waals surface area contributed by atoms with Gasteiger partial charge < -0.3 is 10.1 Å². The molecule has 1 amide bonds. The molecule has 21 heavy (non-hydrogen) atoms. The Morgan fingerprint density at radius 2 is 2.14 bits per heavy atom. The highest BCUT2D eigenvalue weighted by molar-refractivity contribution is 9.10. The second-order valence-electron chi connectivity index (χ2n) is 5.66. The molecule has 2 aromatic rings. The number of ether oxygens (including phenoxy) is 1. The molecule has 0 saturated carbocycles. The maximum absolute atomic E-state index is 12.1. The van der Waals surface area contributed by atoms with Crippen LogP contribution in [0.3, 0.4) is 0 Å². The van der Waals surface area contributed by atoms with Gasteiger partial charge in [-0.25, -0.2) is 0 Å². The Labute approximate surface area is 131 Å². The first-order chi connectivity index (χ1) is 10.1. The fourth-order valence-electron chi connectivity index (χ4n) is 2.15. The highest BCUT2D eigenvalue weighted by Gasteiger charge is 2.33. The number of benzene rings is 1. The predicted octanol–water partition coefficient (Wildman–Crippen LogP) is 2.61. The van der Waals surface area contributed by atoms with Crippen molar-refractivity contribution in [3.63, 3.8) is 0 Å². The molecule has 0 aliphatic carbocycles. The van der Waals surface area contributed by atoms with Gasteiger partial charge in [-0.05, 0) is 18.2 Å². The van der Waals surface area contributed by atoms with Crippen molar-refractivity contribution in [1.82, 2.24) is 15.5 Å². The lowest BCUT2D eigenvalue weighted by Gasteiger charge is -2.37. The Hall–Kier alpha value is -1.66. The SMILES string of the molecule is CC1(CNC(=O)c2cc(-c3ccc(Br)cc3)n[nH]2)COC1. The number of aromatic nitrogens is 2. The number of hydrogen-bond acceptors (Lipinski definition) is 3. The normalized spacial score (nSPS) is 16.3. The van der Waals surface area contributed by atoms with Crippen LogP contribution >= 0.6 is 15.9 Å². The molecule has 1 aliphatic rings. The molecule has 2 heterocycles. The first-order valence-corrected chi connectivity index (χ1v) is 7.52. The number of H-pyrrole nitrogens is 1. The lowest BCUT2D eigenvalue weighted by Crippen LogP contribution is -2.48. The van der Waals surface area contributed by atoms with Crippen molar-refractivity contribution in [2.75, 3.05) is 19.8 Å². The number of halogens is 1. The van der Waals surface area contributed by atoms with Crippen LogP contribution in [0.2, 0.25) is 0 Å². The summed E-state index contributed by atoms with van der Waals surface area (Å²) in [5.41, 5.74) is 2.25. The van der Waals surface area contributed by atoms with Gasteiger partial charge in [-0.3, -0.25) is 9.89 Å². The Kier molecular flexibility index (Phi) is 3.82. The van der Waals surface area contributed by atoms with E-state index >= 15 is 0 Å². The van der Waals surface area contributed by atoms with Gasteiger partial charge in [0.05, 0.1) is 18.9 Å². The van der Waals surface area contributed by atoms with Crippen LogP contribution in [-0.2, 0) is 4.74 Å². The third-order valence-electron chi connectivity index (χ3n) is 3.54. The van der Waals surface area contributed by atoms with Crippen molar-refractivity contribution in [3.8, 4) is 11.3 Å². The number of aromatic amines is 1. The molecule has 0 spiro atoms. The molecular weight excluding hydrogens is 334 g/mol. The summed E-state index contributed by atoms with van der Waals surface area (Å²) in [7, 11) is 0. The summed E-state index contributed by atoms with van der Waals surface area (Å²) in [6.45, 7) is 4.09. The number of nitrogens with one attached hydrogen (secondary N) is 2. The van der Waals surface area contributed by atoms with Gasteiger partial charge in [0, 0.05) is 22.0 Å². The number of carbonyl (C=O) groups excluding carboxylic acids is 1. The fourth-order valence-corrected chi connectivity index (χ4v) is 2.41. The minimum Gasteiger partial charge on any atom is -0.380 e. The Bertz CT molecular complexity index is 647. The summed E-state index contributed by atoms with van der Waals surface area (Å²) in [6.07, 6.45) is 0. The lowest BCUT2D eigenvalue weighted by atomic mass is 9.89. The molecule has 0 bridgehead atoms. The van der Waals surface area contributed by atoms with Gasteiger partial charge in [0.25, 0.3) is 5.91 Å². The summed E-state index contributed by atoms with van der Waals surface area (Å²) in [6, 6.07) is 9.56. The van der Waals surface area contributed by atoms with E-state index in [4.69, 9.17) is 4.74 Å². The van der Waals surface area contributed by atoms with E-state index in [0.717, 1.165) is 15.7 Å². The number of nitrogens with zero attached hydrogens (tertiary/aromatic N) is 1. The van der Waals surface area contributed by atoms with E-state index in [-0.39, 0.29) is 11.3 Å². The molecule has 5 nitrogen and oxygen atoms in total. The van der Waals surface area contributed by atoms with E-state index in [0.29, 0.717) is 25.5 Å². The van der Waals surface area contributed by atoms with Gasteiger partial charge >= 0.3 is 0 Å². The van der Waals surface area contributed by atoms with Gasteiger partial charge in [0.15, 0.2) is 0 Å². The van der Waals surface area contributed by atoms with Crippen molar-refractivity contribution in [2.24, 2.45) is 5.41 Å². The Balaban J connectivity index is 1.66. The molecule has 1 aliphatic heterocycles. The number of amides is 1. The zero-order valence-electron chi connectivity index (χ0n) is 11.6. The maximum Gasteiger partial charge on any atom is 0.269 e. The van der Waals surface area contributed by atoms with E-state index in [9.17, 15) is 4.79 Å². The molecule has 0 radical (unpaired) electrons. The Morgan fingerprint density at radius 3 is 2.76 bits per heavy atom. The second kappa shape index (κ2) is 5.61. The van der Waals surface area contributed by atoms with E-state index < -0.39 is 0 Å². The highest BCUT2D eigenvalue weighted by Crippen LogP contribution is 2.25. The van der Waals surface area contributed by atoms with Crippen LogP contribution in [0.15, 0.2) is 34.8 Å². The summed E-state index contributed by atoms with van der Waals surface area (Å²) >= 11 is 3.40. The molecule has 2 N–H and O–H groups in total.